The van der Waals surface area contributed by atoms with Gasteiger partial charge in [-0.15, -0.1) is 0 Å². The van der Waals surface area contributed by atoms with Crippen LogP contribution < -0.4 is 11.5 Å². The Morgan fingerprint density at radius 1 is 0.944 bits per heavy atom. The van der Waals surface area contributed by atoms with Crippen molar-refractivity contribution < 1.29 is 0 Å². The first kappa shape index (κ1) is 12.7. The lowest BCUT2D eigenvalue weighted by Gasteiger charge is -2.05. The maximum atomic E-state index is 5.63. The summed E-state index contributed by atoms with van der Waals surface area (Å²) < 4.78 is 0. The molecule has 2 aromatic rings. The highest BCUT2D eigenvalue weighted by molar-refractivity contribution is 7.98. The van der Waals surface area contributed by atoms with E-state index in [1.807, 2.05) is 0 Å². The van der Waals surface area contributed by atoms with Gasteiger partial charge in [-0.1, -0.05) is 41.1 Å². The van der Waals surface area contributed by atoms with E-state index in [-0.39, 0.29) is 0 Å². The van der Waals surface area contributed by atoms with Crippen LogP contribution in [0.4, 0.5) is 11.6 Å². The topological polar surface area (TPSA) is 77.8 Å². The van der Waals surface area contributed by atoms with E-state index >= 15 is 0 Å². The predicted molar refractivity (Wildman–Crippen MR) is 76.3 cm³/mol. The largest absolute Gasteiger partial charge is 0.383 e. The Kier molecular flexibility index (Phi) is 3.72. The molecule has 5 heteroatoms. The first-order valence-corrected chi connectivity index (χ1v) is 6.61. The smallest absolute Gasteiger partial charge is 0.191 e. The Morgan fingerprint density at radius 3 is 2.06 bits per heavy atom. The Hall–Kier alpha value is -1.75. The molecule has 0 atom stereocenters. The van der Waals surface area contributed by atoms with Crippen LogP contribution in [0.2, 0.25) is 0 Å². The minimum absolute atomic E-state index is 0.408. The van der Waals surface area contributed by atoms with Gasteiger partial charge in [0.15, 0.2) is 5.16 Å². The zero-order valence-electron chi connectivity index (χ0n) is 10.5. The molecule has 4 nitrogen and oxygen atoms in total. The monoisotopic (exact) mass is 260 g/mol. The van der Waals surface area contributed by atoms with Gasteiger partial charge >= 0.3 is 0 Å². The molecule has 0 bridgehead atoms. The van der Waals surface area contributed by atoms with Gasteiger partial charge in [-0.2, -0.15) is 0 Å². The van der Waals surface area contributed by atoms with Crippen LogP contribution in [0.1, 0.15) is 16.7 Å². The quantitative estimate of drug-likeness (QED) is 0.655. The highest BCUT2D eigenvalue weighted by atomic mass is 32.2. The summed E-state index contributed by atoms with van der Waals surface area (Å²) in [4.78, 5) is 8.29. The molecule has 0 aliphatic carbocycles. The summed E-state index contributed by atoms with van der Waals surface area (Å²) >= 11 is 1.54. The van der Waals surface area contributed by atoms with Crippen molar-refractivity contribution in [2.75, 3.05) is 11.5 Å². The number of hydrogen-bond donors (Lipinski definition) is 2. The first-order chi connectivity index (χ1) is 8.52. The van der Waals surface area contributed by atoms with Crippen LogP contribution in [-0.4, -0.2) is 9.97 Å². The summed E-state index contributed by atoms with van der Waals surface area (Å²) in [6.07, 6.45) is 0. The second-order valence-corrected chi connectivity index (χ2v) is 5.23. The summed E-state index contributed by atoms with van der Waals surface area (Å²) in [5.74, 6) is 1.63. The Labute approximate surface area is 111 Å². The fourth-order valence-corrected chi connectivity index (χ4v) is 2.63. The van der Waals surface area contributed by atoms with Crippen molar-refractivity contribution in [2.24, 2.45) is 0 Å². The van der Waals surface area contributed by atoms with E-state index in [9.17, 15) is 0 Å². The third-order valence-corrected chi connectivity index (χ3v) is 3.31. The van der Waals surface area contributed by atoms with E-state index in [0.717, 1.165) is 5.75 Å². The Morgan fingerprint density at radius 2 is 1.50 bits per heavy atom. The molecule has 0 amide bonds. The summed E-state index contributed by atoms with van der Waals surface area (Å²) in [6, 6.07) is 8.04. The molecule has 0 saturated heterocycles. The van der Waals surface area contributed by atoms with Gasteiger partial charge in [0.1, 0.15) is 11.6 Å². The molecule has 0 aliphatic rings. The number of hydrogen-bond acceptors (Lipinski definition) is 5. The SMILES string of the molecule is Cc1cc(C)cc(CSc2nc(N)cc(N)n2)c1. The standard InChI is InChI=1S/C13H16N4S/c1-8-3-9(2)5-10(4-8)7-18-13-16-11(14)6-12(15)17-13/h3-6H,7H2,1-2H3,(H4,14,15,16,17). The van der Waals surface area contributed by atoms with E-state index in [0.29, 0.717) is 16.8 Å². The molecule has 1 heterocycles. The van der Waals surface area contributed by atoms with E-state index in [4.69, 9.17) is 11.5 Å². The molecule has 0 saturated carbocycles. The van der Waals surface area contributed by atoms with Crippen molar-refractivity contribution in [2.45, 2.75) is 24.8 Å². The predicted octanol–water partition coefficient (Wildman–Crippen LogP) is 2.55. The van der Waals surface area contributed by atoms with Crippen LogP contribution in [0, 0.1) is 13.8 Å². The van der Waals surface area contributed by atoms with Gasteiger partial charge in [0.05, 0.1) is 0 Å². The maximum Gasteiger partial charge on any atom is 0.191 e. The summed E-state index contributed by atoms with van der Waals surface area (Å²) in [5.41, 5.74) is 15.0. The Bertz CT molecular complexity index is 477. The molecular formula is C13H16N4S. The van der Waals surface area contributed by atoms with E-state index in [2.05, 4.69) is 42.0 Å². The number of anilines is 2. The zero-order valence-corrected chi connectivity index (χ0v) is 11.3. The molecule has 2 rings (SSSR count). The van der Waals surface area contributed by atoms with Crippen molar-refractivity contribution in [3.05, 3.63) is 41.0 Å². The first-order valence-electron chi connectivity index (χ1n) is 5.63. The lowest BCUT2D eigenvalue weighted by molar-refractivity contribution is 0.984. The molecule has 0 fully saturated rings. The van der Waals surface area contributed by atoms with Crippen molar-refractivity contribution in [1.82, 2.24) is 9.97 Å². The molecule has 0 radical (unpaired) electrons. The minimum Gasteiger partial charge on any atom is -0.383 e. The van der Waals surface area contributed by atoms with Crippen LogP contribution in [0.25, 0.3) is 0 Å². The average molecular weight is 260 g/mol. The highest BCUT2D eigenvalue weighted by Gasteiger charge is 2.03. The third-order valence-electron chi connectivity index (χ3n) is 2.39. The molecule has 18 heavy (non-hydrogen) atoms. The van der Waals surface area contributed by atoms with Crippen LogP contribution in [0.5, 0.6) is 0 Å². The molecule has 4 N–H and O–H groups in total. The highest BCUT2D eigenvalue weighted by Crippen LogP contribution is 2.22. The number of aromatic nitrogens is 2. The van der Waals surface area contributed by atoms with Crippen molar-refractivity contribution >= 4 is 23.4 Å². The number of aryl methyl sites for hydroxylation is 2. The van der Waals surface area contributed by atoms with Gasteiger partial charge in [0.2, 0.25) is 0 Å². The summed E-state index contributed by atoms with van der Waals surface area (Å²) in [5, 5.41) is 0.617. The maximum absolute atomic E-state index is 5.63. The van der Waals surface area contributed by atoms with Gasteiger partial charge < -0.3 is 11.5 Å². The zero-order chi connectivity index (χ0) is 13.1. The summed E-state index contributed by atoms with van der Waals surface area (Å²) in [7, 11) is 0. The molecule has 1 aromatic carbocycles. The second kappa shape index (κ2) is 5.27. The molecular weight excluding hydrogens is 244 g/mol. The fraction of sp³-hybridized carbons (Fsp3) is 0.231. The van der Waals surface area contributed by atoms with Crippen LogP contribution in [0.15, 0.2) is 29.4 Å². The van der Waals surface area contributed by atoms with Gasteiger partial charge in [0.25, 0.3) is 0 Å². The Balaban J connectivity index is 2.11. The van der Waals surface area contributed by atoms with E-state index < -0.39 is 0 Å². The van der Waals surface area contributed by atoms with Crippen LogP contribution in [-0.2, 0) is 5.75 Å². The number of nitrogens with two attached hydrogens (primary N) is 2. The molecule has 94 valence electrons. The molecule has 1 aromatic heterocycles. The number of rotatable bonds is 3. The van der Waals surface area contributed by atoms with Crippen molar-refractivity contribution in [3.8, 4) is 0 Å². The van der Waals surface area contributed by atoms with Crippen LogP contribution in [0.3, 0.4) is 0 Å². The lowest BCUT2D eigenvalue weighted by atomic mass is 10.1. The number of nitrogens with zero attached hydrogens (tertiary/aromatic N) is 2. The number of thioether (sulfide) groups is 1. The molecule has 0 aliphatic heterocycles. The van der Waals surface area contributed by atoms with Crippen LogP contribution >= 0.6 is 11.8 Å². The molecule has 0 unspecified atom stereocenters. The number of benzene rings is 1. The summed E-state index contributed by atoms with van der Waals surface area (Å²) in [6.45, 7) is 4.19. The third kappa shape index (κ3) is 3.37. The minimum atomic E-state index is 0.408. The number of nitrogen functional groups attached to an aromatic ring is 2. The van der Waals surface area contributed by atoms with Crippen molar-refractivity contribution in [1.29, 1.82) is 0 Å². The van der Waals surface area contributed by atoms with E-state index in [1.54, 1.807) is 6.07 Å². The van der Waals surface area contributed by atoms with Gasteiger partial charge in [-0.3, -0.25) is 0 Å². The normalized spacial score (nSPS) is 10.6. The second-order valence-electron chi connectivity index (χ2n) is 4.28. The molecule has 0 spiro atoms. The van der Waals surface area contributed by atoms with Crippen molar-refractivity contribution in [3.63, 3.8) is 0 Å². The average Bonchev–Trinajstić information content (AvgIpc) is 2.23. The van der Waals surface area contributed by atoms with Gasteiger partial charge in [0, 0.05) is 11.8 Å². The fourth-order valence-electron chi connectivity index (χ4n) is 1.83. The van der Waals surface area contributed by atoms with E-state index in [1.165, 1.54) is 28.5 Å². The van der Waals surface area contributed by atoms with Gasteiger partial charge in [-0.05, 0) is 19.4 Å². The van der Waals surface area contributed by atoms with Gasteiger partial charge in [-0.25, -0.2) is 9.97 Å². The lowest BCUT2D eigenvalue weighted by Crippen LogP contribution is -1.99.